The first-order valence-corrected chi connectivity index (χ1v) is 7.02. The number of phenols is 1. The molecule has 0 spiro atoms. The van der Waals surface area contributed by atoms with Crippen LogP contribution in [0.1, 0.15) is 11.1 Å². The Labute approximate surface area is 134 Å². The number of amides is 2. The van der Waals surface area contributed by atoms with Gasteiger partial charge in [0.2, 0.25) is 0 Å². The quantitative estimate of drug-likeness (QED) is 0.595. The molecule has 0 fully saturated rings. The van der Waals surface area contributed by atoms with Gasteiger partial charge in [-0.1, -0.05) is 24.3 Å². The molecule has 0 saturated carbocycles. The van der Waals surface area contributed by atoms with Gasteiger partial charge in [0.25, 0.3) is 0 Å². The van der Waals surface area contributed by atoms with Crippen LogP contribution in [-0.2, 0) is 16.1 Å². The average molecular weight is 314 g/mol. The molecule has 0 aliphatic rings. The third-order valence-corrected chi connectivity index (χ3v) is 3.24. The van der Waals surface area contributed by atoms with Gasteiger partial charge >= 0.3 is 11.8 Å². The zero-order valence-corrected chi connectivity index (χ0v) is 12.9. The summed E-state index contributed by atoms with van der Waals surface area (Å²) in [6.45, 7) is 1.98. The number of benzene rings is 2. The van der Waals surface area contributed by atoms with Crippen molar-refractivity contribution >= 4 is 17.5 Å². The Morgan fingerprint density at radius 1 is 1.13 bits per heavy atom. The topological polar surface area (TPSA) is 87.7 Å². The summed E-state index contributed by atoms with van der Waals surface area (Å²) in [6.07, 6.45) is 0. The molecule has 3 N–H and O–H groups in total. The smallest absolute Gasteiger partial charge is 0.313 e. The zero-order chi connectivity index (χ0) is 16.8. The van der Waals surface area contributed by atoms with Crippen LogP contribution < -0.4 is 15.4 Å². The van der Waals surface area contributed by atoms with Crippen LogP contribution >= 0.6 is 0 Å². The van der Waals surface area contributed by atoms with Gasteiger partial charge in [-0.3, -0.25) is 9.59 Å². The van der Waals surface area contributed by atoms with Gasteiger partial charge in [-0.05, 0) is 30.7 Å². The minimum Gasteiger partial charge on any atom is -0.506 e. The summed E-state index contributed by atoms with van der Waals surface area (Å²) in [4.78, 5) is 23.8. The second kappa shape index (κ2) is 7.31. The van der Waals surface area contributed by atoms with E-state index in [4.69, 9.17) is 4.74 Å². The molecule has 0 atom stereocenters. The van der Waals surface area contributed by atoms with Crippen LogP contribution in [0.5, 0.6) is 11.5 Å². The predicted molar refractivity (Wildman–Crippen MR) is 86.3 cm³/mol. The fraction of sp³-hybridized carbons (Fsp3) is 0.176. The summed E-state index contributed by atoms with van der Waals surface area (Å²) < 4.78 is 5.18. The minimum atomic E-state index is -0.846. The van der Waals surface area contributed by atoms with Gasteiger partial charge in [-0.2, -0.15) is 0 Å². The highest BCUT2D eigenvalue weighted by Gasteiger charge is 2.15. The molecule has 2 aromatic rings. The Balaban J connectivity index is 1.98. The molecule has 2 amide bonds. The van der Waals surface area contributed by atoms with E-state index in [0.29, 0.717) is 5.75 Å². The Hall–Kier alpha value is -3.02. The fourth-order valence-electron chi connectivity index (χ4n) is 2.03. The van der Waals surface area contributed by atoms with Gasteiger partial charge in [-0.25, -0.2) is 0 Å². The fourth-order valence-corrected chi connectivity index (χ4v) is 2.03. The van der Waals surface area contributed by atoms with E-state index >= 15 is 0 Å². The number of anilines is 1. The molecule has 2 rings (SSSR count). The number of aryl methyl sites for hydroxylation is 1. The first-order chi connectivity index (χ1) is 11.0. The largest absolute Gasteiger partial charge is 0.506 e. The number of carbonyl (C=O) groups is 2. The SMILES string of the molecule is COc1ccccc1CNC(=O)C(=O)Nc1cc(C)ccc1O. The third-order valence-electron chi connectivity index (χ3n) is 3.24. The Kier molecular flexibility index (Phi) is 5.19. The number of methoxy groups -OCH3 is 1. The van der Waals surface area contributed by atoms with E-state index in [1.165, 1.54) is 13.2 Å². The van der Waals surface area contributed by atoms with Crippen molar-refractivity contribution in [3.05, 3.63) is 53.6 Å². The number of hydrogen-bond acceptors (Lipinski definition) is 4. The van der Waals surface area contributed by atoms with Crippen molar-refractivity contribution in [2.24, 2.45) is 0 Å². The van der Waals surface area contributed by atoms with E-state index < -0.39 is 11.8 Å². The van der Waals surface area contributed by atoms with Gasteiger partial charge in [-0.15, -0.1) is 0 Å². The van der Waals surface area contributed by atoms with Crippen molar-refractivity contribution in [1.29, 1.82) is 0 Å². The highest BCUT2D eigenvalue weighted by Crippen LogP contribution is 2.23. The molecular formula is C17H18N2O4. The van der Waals surface area contributed by atoms with Crippen molar-refractivity contribution in [1.82, 2.24) is 5.32 Å². The van der Waals surface area contributed by atoms with Crippen LogP contribution in [0.3, 0.4) is 0 Å². The van der Waals surface area contributed by atoms with Gasteiger partial charge in [0.15, 0.2) is 0 Å². The Morgan fingerprint density at radius 2 is 1.87 bits per heavy atom. The van der Waals surface area contributed by atoms with E-state index in [2.05, 4.69) is 10.6 Å². The standard InChI is InChI=1S/C17H18N2O4/c1-11-7-8-14(20)13(9-11)19-17(22)16(21)18-10-12-5-3-4-6-15(12)23-2/h3-9,20H,10H2,1-2H3,(H,18,21)(H,19,22). The van der Waals surface area contributed by atoms with Crippen molar-refractivity contribution in [3.63, 3.8) is 0 Å². The Morgan fingerprint density at radius 3 is 2.61 bits per heavy atom. The zero-order valence-electron chi connectivity index (χ0n) is 12.9. The molecule has 6 heteroatoms. The van der Waals surface area contributed by atoms with Crippen molar-refractivity contribution in [2.75, 3.05) is 12.4 Å². The van der Waals surface area contributed by atoms with E-state index in [-0.39, 0.29) is 18.0 Å². The van der Waals surface area contributed by atoms with Crippen LogP contribution in [0, 0.1) is 6.92 Å². The van der Waals surface area contributed by atoms with Gasteiger partial charge < -0.3 is 20.5 Å². The molecule has 0 unspecified atom stereocenters. The molecule has 0 saturated heterocycles. The van der Waals surface area contributed by atoms with Gasteiger partial charge in [0.1, 0.15) is 11.5 Å². The Bertz CT molecular complexity index is 728. The lowest BCUT2D eigenvalue weighted by molar-refractivity contribution is -0.136. The summed E-state index contributed by atoms with van der Waals surface area (Å²) in [7, 11) is 1.54. The van der Waals surface area contributed by atoms with Crippen LogP contribution in [0.4, 0.5) is 5.69 Å². The first-order valence-electron chi connectivity index (χ1n) is 7.02. The molecular weight excluding hydrogens is 296 g/mol. The van der Waals surface area contributed by atoms with Crippen LogP contribution in [-0.4, -0.2) is 24.0 Å². The summed E-state index contributed by atoms with van der Waals surface area (Å²) in [6, 6.07) is 11.9. The summed E-state index contributed by atoms with van der Waals surface area (Å²) in [5.74, 6) is -1.11. The molecule has 6 nitrogen and oxygen atoms in total. The molecule has 120 valence electrons. The maximum atomic E-state index is 11.9. The average Bonchev–Trinajstić information content (AvgIpc) is 2.56. The molecule has 0 aliphatic carbocycles. The number of rotatable bonds is 4. The second-order valence-electron chi connectivity index (χ2n) is 4.97. The predicted octanol–water partition coefficient (Wildman–Crippen LogP) is 1.96. The summed E-state index contributed by atoms with van der Waals surface area (Å²) in [5.41, 5.74) is 1.81. The third kappa shape index (κ3) is 4.23. The first kappa shape index (κ1) is 16.4. The van der Waals surface area contributed by atoms with E-state index in [0.717, 1.165) is 11.1 Å². The maximum Gasteiger partial charge on any atom is 0.313 e. The minimum absolute atomic E-state index is 0.0959. The normalized spacial score (nSPS) is 10.0. The summed E-state index contributed by atoms with van der Waals surface area (Å²) in [5, 5.41) is 14.6. The second-order valence-corrected chi connectivity index (χ2v) is 4.97. The lowest BCUT2D eigenvalue weighted by Gasteiger charge is -2.10. The van der Waals surface area contributed by atoms with Crippen molar-refractivity contribution < 1.29 is 19.4 Å². The summed E-state index contributed by atoms with van der Waals surface area (Å²) >= 11 is 0. The number of ether oxygens (including phenoxy) is 1. The molecule has 0 radical (unpaired) electrons. The van der Waals surface area contributed by atoms with Gasteiger partial charge in [0.05, 0.1) is 12.8 Å². The highest BCUT2D eigenvalue weighted by atomic mass is 16.5. The number of carbonyl (C=O) groups excluding carboxylic acids is 2. The lowest BCUT2D eigenvalue weighted by Crippen LogP contribution is -2.35. The highest BCUT2D eigenvalue weighted by molar-refractivity contribution is 6.39. The van der Waals surface area contributed by atoms with Crippen LogP contribution in [0.15, 0.2) is 42.5 Å². The molecule has 2 aromatic carbocycles. The molecule has 0 heterocycles. The lowest BCUT2D eigenvalue weighted by atomic mass is 10.2. The number of aromatic hydroxyl groups is 1. The molecule has 0 bridgehead atoms. The maximum absolute atomic E-state index is 11.9. The van der Waals surface area contributed by atoms with E-state index in [9.17, 15) is 14.7 Å². The van der Waals surface area contributed by atoms with E-state index in [1.54, 1.807) is 24.3 Å². The van der Waals surface area contributed by atoms with E-state index in [1.807, 2.05) is 19.1 Å². The van der Waals surface area contributed by atoms with Crippen molar-refractivity contribution in [2.45, 2.75) is 13.5 Å². The van der Waals surface area contributed by atoms with Crippen LogP contribution in [0.2, 0.25) is 0 Å². The number of hydrogen-bond donors (Lipinski definition) is 3. The number of para-hydroxylation sites is 1. The number of phenolic OH excluding ortho intramolecular Hbond substituents is 1. The van der Waals surface area contributed by atoms with Crippen LogP contribution in [0.25, 0.3) is 0 Å². The number of nitrogens with one attached hydrogen (secondary N) is 2. The van der Waals surface area contributed by atoms with Gasteiger partial charge in [0, 0.05) is 12.1 Å². The monoisotopic (exact) mass is 314 g/mol. The van der Waals surface area contributed by atoms with Crippen molar-refractivity contribution in [3.8, 4) is 11.5 Å². The molecule has 0 aliphatic heterocycles. The molecule has 0 aromatic heterocycles. The molecule has 23 heavy (non-hydrogen) atoms.